The van der Waals surface area contributed by atoms with Crippen LogP contribution in [0.3, 0.4) is 0 Å². The SMILES string of the molecule is COCCN(CC(O)COc1cccc(C)c1)C(C)C(N)=O. The van der Waals surface area contributed by atoms with Gasteiger partial charge >= 0.3 is 0 Å². The normalized spacial score (nSPS) is 13.9. The van der Waals surface area contributed by atoms with Crippen LogP contribution in [0, 0.1) is 6.92 Å². The molecule has 22 heavy (non-hydrogen) atoms. The first-order chi connectivity index (χ1) is 10.4. The van der Waals surface area contributed by atoms with E-state index in [1.54, 1.807) is 18.9 Å². The quantitative estimate of drug-likeness (QED) is 0.659. The van der Waals surface area contributed by atoms with Gasteiger partial charge in [-0.15, -0.1) is 0 Å². The highest BCUT2D eigenvalue weighted by molar-refractivity contribution is 5.79. The maximum Gasteiger partial charge on any atom is 0.234 e. The highest BCUT2D eigenvalue weighted by Crippen LogP contribution is 2.12. The molecule has 0 saturated carbocycles. The number of aryl methyl sites for hydroxylation is 1. The lowest BCUT2D eigenvalue weighted by molar-refractivity contribution is -0.123. The number of methoxy groups -OCH3 is 1. The predicted molar refractivity (Wildman–Crippen MR) is 84.8 cm³/mol. The maximum absolute atomic E-state index is 11.3. The number of carbonyl (C=O) groups excluding carboxylic acids is 1. The van der Waals surface area contributed by atoms with Gasteiger partial charge in [-0.1, -0.05) is 12.1 Å². The van der Waals surface area contributed by atoms with Crippen molar-refractivity contribution in [2.75, 3.05) is 33.4 Å². The highest BCUT2D eigenvalue weighted by Gasteiger charge is 2.21. The molecular weight excluding hydrogens is 284 g/mol. The van der Waals surface area contributed by atoms with E-state index < -0.39 is 18.1 Å². The Balaban J connectivity index is 2.51. The molecule has 0 aliphatic carbocycles. The summed E-state index contributed by atoms with van der Waals surface area (Å²) < 4.78 is 10.6. The minimum atomic E-state index is -0.723. The number of rotatable bonds is 10. The Hall–Kier alpha value is -1.63. The van der Waals surface area contributed by atoms with E-state index in [9.17, 15) is 9.90 Å². The summed E-state index contributed by atoms with van der Waals surface area (Å²) in [4.78, 5) is 13.1. The van der Waals surface area contributed by atoms with Gasteiger partial charge in [-0.25, -0.2) is 0 Å². The molecule has 1 aromatic rings. The molecule has 2 atom stereocenters. The van der Waals surface area contributed by atoms with E-state index in [1.807, 2.05) is 31.2 Å². The highest BCUT2D eigenvalue weighted by atomic mass is 16.5. The number of amides is 1. The summed E-state index contributed by atoms with van der Waals surface area (Å²) >= 11 is 0. The van der Waals surface area contributed by atoms with Gasteiger partial charge in [0.1, 0.15) is 18.5 Å². The summed E-state index contributed by atoms with van der Waals surface area (Å²) in [5, 5.41) is 10.1. The molecule has 3 N–H and O–H groups in total. The topological polar surface area (TPSA) is 85.0 Å². The standard InChI is InChI=1S/C16H26N2O4/c1-12-5-4-6-15(9-12)22-11-14(19)10-18(7-8-21-3)13(2)16(17)20/h4-6,9,13-14,19H,7-8,10-11H2,1-3H3,(H2,17,20). The third-order valence-electron chi connectivity index (χ3n) is 3.42. The molecule has 124 valence electrons. The zero-order valence-corrected chi connectivity index (χ0v) is 13.5. The van der Waals surface area contributed by atoms with Crippen LogP contribution in [0.4, 0.5) is 0 Å². The van der Waals surface area contributed by atoms with Crippen molar-refractivity contribution in [1.82, 2.24) is 4.90 Å². The first kappa shape index (κ1) is 18.4. The number of ether oxygens (including phenoxy) is 2. The van der Waals surface area contributed by atoms with Crippen molar-refractivity contribution in [3.05, 3.63) is 29.8 Å². The minimum Gasteiger partial charge on any atom is -0.491 e. The zero-order chi connectivity index (χ0) is 16.5. The second-order valence-electron chi connectivity index (χ2n) is 5.35. The van der Waals surface area contributed by atoms with Crippen molar-refractivity contribution in [1.29, 1.82) is 0 Å². The molecule has 0 saturated heterocycles. The first-order valence-corrected chi connectivity index (χ1v) is 7.34. The molecule has 1 aromatic carbocycles. The van der Waals surface area contributed by atoms with E-state index in [2.05, 4.69) is 0 Å². The van der Waals surface area contributed by atoms with Gasteiger partial charge in [0.2, 0.25) is 5.91 Å². The summed E-state index contributed by atoms with van der Waals surface area (Å²) in [7, 11) is 1.59. The second kappa shape index (κ2) is 9.40. The van der Waals surface area contributed by atoms with Crippen LogP contribution in [0.25, 0.3) is 0 Å². The largest absolute Gasteiger partial charge is 0.491 e. The molecule has 0 radical (unpaired) electrons. The van der Waals surface area contributed by atoms with E-state index in [1.165, 1.54) is 0 Å². The molecule has 0 heterocycles. The molecule has 0 spiro atoms. The van der Waals surface area contributed by atoms with Crippen molar-refractivity contribution in [2.24, 2.45) is 5.73 Å². The molecule has 0 bridgehead atoms. The van der Waals surface area contributed by atoms with Crippen LogP contribution in [0.1, 0.15) is 12.5 Å². The van der Waals surface area contributed by atoms with Crippen LogP contribution in [0.5, 0.6) is 5.75 Å². The summed E-state index contributed by atoms with van der Waals surface area (Å²) in [5.74, 6) is 0.286. The van der Waals surface area contributed by atoms with Crippen LogP contribution in [-0.2, 0) is 9.53 Å². The molecule has 1 rings (SSSR count). The Morgan fingerprint density at radius 3 is 2.77 bits per heavy atom. The van der Waals surface area contributed by atoms with Gasteiger partial charge in [0.05, 0.1) is 12.6 Å². The Labute approximate surface area is 131 Å². The fourth-order valence-corrected chi connectivity index (χ4v) is 2.05. The third kappa shape index (κ3) is 6.43. The summed E-state index contributed by atoms with van der Waals surface area (Å²) in [5.41, 5.74) is 6.43. The fraction of sp³-hybridized carbons (Fsp3) is 0.562. The van der Waals surface area contributed by atoms with Crippen LogP contribution < -0.4 is 10.5 Å². The smallest absolute Gasteiger partial charge is 0.234 e. The first-order valence-electron chi connectivity index (χ1n) is 7.34. The van der Waals surface area contributed by atoms with Crippen molar-refractivity contribution in [2.45, 2.75) is 26.0 Å². The van der Waals surface area contributed by atoms with E-state index in [0.29, 0.717) is 25.4 Å². The summed E-state index contributed by atoms with van der Waals surface area (Å²) in [6.45, 7) is 5.11. The average Bonchev–Trinajstić information content (AvgIpc) is 2.48. The lowest BCUT2D eigenvalue weighted by Gasteiger charge is -2.28. The van der Waals surface area contributed by atoms with E-state index in [0.717, 1.165) is 5.56 Å². The fourth-order valence-electron chi connectivity index (χ4n) is 2.05. The predicted octanol–water partition coefficient (Wildman–Crippen LogP) is 0.557. The Morgan fingerprint density at radius 2 is 2.18 bits per heavy atom. The number of hydrogen-bond donors (Lipinski definition) is 2. The molecule has 0 fully saturated rings. The van der Waals surface area contributed by atoms with Gasteiger partial charge in [0.15, 0.2) is 0 Å². The van der Waals surface area contributed by atoms with Crippen LogP contribution in [-0.4, -0.2) is 61.5 Å². The molecule has 6 heteroatoms. The lowest BCUT2D eigenvalue weighted by Crippen LogP contribution is -2.48. The Morgan fingerprint density at radius 1 is 1.45 bits per heavy atom. The van der Waals surface area contributed by atoms with Crippen molar-refractivity contribution in [3.8, 4) is 5.75 Å². The van der Waals surface area contributed by atoms with Gasteiger partial charge in [-0.05, 0) is 31.5 Å². The van der Waals surface area contributed by atoms with Gasteiger partial charge in [-0.3, -0.25) is 9.69 Å². The number of nitrogens with zero attached hydrogens (tertiary/aromatic N) is 1. The number of aliphatic hydroxyl groups excluding tert-OH is 1. The van der Waals surface area contributed by atoms with E-state index in [4.69, 9.17) is 15.2 Å². The van der Waals surface area contributed by atoms with Crippen LogP contribution in [0.2, 0.25) is 0 Å². The number of nitrogens with two attached hydrogens (primary N) is 1. The van der Waals surface area contributed by atoms with Gasteiger partial charge < -0.3 is 20.3 Å². The van der Waals surface area contributed by atoms with E-state index in [-0.39, 0.29) is 6.61 Å². The van der Waals surface area contributed by atoms with Crippen molar-refractivity contribution in [3.63, 3.8) is 0 Å². The Bertz CT molecular complexity index is 467. The maximum atomic E-state index is 11.3. The van der Waals surface area contributed by atoms with Crippen LogP contribution >= 0.6 is 0 Å². The lowest BCUT2D eigenvalue weighted by atomic mass is 10.2. The molecule has 1 amide bonds. The summed E-state index contributed by atoms with van der Waals surface area (Å²) in [6, 6.07) is 7.15. The average molecular weight is 310 g/mol. The summed E-state index contributed by atoms with van der Waals surface area (Å²) in [6.07, 6.45) is -0.723. The number of aliphatic hydroxyl groups is 1. The van der Waals surface area contributed by atoms with Crippen molar-refractivity contribution >= 4 is 5.91 Å². The van der Waals surface area contributed by atoms with Crippen LogP contribution in [0.15, 0.2) is 24.3 Å². The molecule has 0 aromatic heterocycles. The zero-order valence-electron chi connectivity index (χ0n) is 13.5. The number of benzene rings is 1. The van der Waals surface area contributed by atoms with Crippen molar-refractivity contribution < 1.29 is 19.4 Å². The molecule has 0 aliphatic rings. The van der Waals surface area contributed by atoms with Gasteiger partial charge in [0.25, 0.3) is 0 Å². The third-order valence-corrected chi connectivity index (χ3v) is 3.42. The molecule has 6 nitrogen and oxygen atoms in total. The number of hydrogen-bond acceptors (Lipinski definition) is 5. The minimum absolute atomic E-state index is 0.151. The van der Waals surface area contributed by atoms with Gasteiger partial charge in [-0.2, -0.15) is 0 Å². The molecule has 2 unspecified atom stereocenters. The molecule has 0 aliphatic heterocycles. The van der Waals surface area contributed by atoms with E-state index >= 15 is 0 Å². The molecular formula is C16H26N2O4. The monoisotopic (exact) mass is 310 g/mol. The van der Waals surface area contributed by atoms with Gasteiger partial charge in [0, 0.05) is 20.2 Å². The number of carbonyl (C=O) groups is 1. The Kier molecular flexibility index (Phi) is 7.87. The second-order valence-corrected chi connectivity index (χ2v) is 5.35. The number of primary amides is 1.